The van der Waals surface area contributed by atoms with Gasteiger partial charge in [0, 0.05) is 0 Å². The Labute approximate surface area is 125 Å². The number of esters is 1. The molecule has 0 bridgehead atoms. The maximum absolute atomic E-state index is 10.7. The van der Waals surface area contributed by atoms with Crippen LogP contribution in [-0.2, 0) is 19.1 Å². The minimum absolute atomic E-state index is 0.0324. The van der Waals surface area contributed by atoms with Gasteiger partial charge in [-0.1, -0.05) is 0 Å². The average Bonchev–Trinajstić information content (AvgIpc) is 2.90. The SMILES string of the molecule is COC(=O)C1CCCN1.O=C(O)C(F)(F)F.O=C(O)C(F)(F)F. The van der Waals surface area contributed by atoms with Crippen LogP contribution in [0.5, 0.6) is 0 Å². The fourth-order valence-electron chi connectivity index (χ4n) is 1.03. The lowest BCUT2D eigenvalue weighted by atomic mass is 10.2. The Kier molecular flexibility index (Phi) is 9.96. The average molecular weight is 357 g/mol. The Morgan fingerprint density at radius 3 is 1.52 bits per heavy atom. The molecule has 0 aliphatic carbocycles. The van der Waals surface area contributed by atoms with E-state index in [1.54, 1.807) is 0 Å². The van der Waals surface area contributed by atoms with Crippen molar-refractivity contribution in [1.82, 2.24) is 5.32 Å². The molecule has 3 N–H and O–H groups in total. The van der Waals surface area contributed by atoms with Crippen LogP contribution in [0.15, 0.2) is 0 Å². The molecule has 1 saturated heterocycles. The number of rotatable bonds is 1. The van der Waals surface area contributed by atoms with Crippen LogP contribution >= 0.6 is 0 Å². The van der Waals surface area contributed by atoms with Crippen LogP contribution in [0.1, 0.15) is 12.8 Å². The van der Waals surface area contributed by atoms with Crippen molar-refractivity contribution in [2.75, 3.05) is 13.7 Å². The van der Waals surface area contributed by atoms with E-state index < -0.39 is 24.3 Å². The Hall–Kier alpha value is -2.05. The molecule has 1 atom stereocenters. The van der Waals surface area contributed by atoms with Crippen LogP contribution in [0.25, 0.3) is 0 Å². The van der Waals surface area contributed by atoms with Gasteiger partial charge in [-0.2, -0.15) is 26.3 Å². The molecule has 0 amide bonds. The quantitative estimate of drug-likeness (QED) is 0.477. The Morgan fingerprint density at radius 1 is 1.00 bits per heavy atom. The summed E-state index contributed by atoms with van der Waals surface area (Å²) >= 11 is 0. The molecular formula is C10H13F6NO6. The second-order valence-electron chi connectivity index (χ2n) is 3.78. The van der Waals surface area contributed by atoms with E-state index in [1.165, 1.54) is 7.11 Å². The molecule has 1 unspecified atom stereocenters. The van der Waals surface area contributed by atoms with Crippen molar-refractivity contribution in [2.24, 2.45) is 0 Å². The first-order valence-corrected chi connectivity index (χ1v) is 5.65. The lowest BCUT2D eigenvalue weighted by molar-refractivity contribution is -0.193. The summed E-state index contributed by atoms with van der Waals surface area (Å²) in [6, 6.07) is -0.0324. The molecule has 1 rings (SSSR count). The number of carboxylic acid groups (broad SMARTS) is 2. The molecule has 0 spiro atoms. The van der Waals surface area contributed by atoms with Crippen molar-refractivity contribution >= 4 is 17.9 Å². The summed E-state index contributed by atoms with van der Waals surface area (Å²) in [5.41, 5.74) is 0. The molecule has 136 valence electrons. The highest BCUT2D eigenvalue weighted by atomic mass is 19.4. The highest BCUT2D eigenvalue weighted by molar-refractivity contribution is 5.75. The van der Waals surface area contributed by atoms with Gasteiger partial charge in [0.1, 0.15) is 6.04 Å². The minimum Gasteiger partial charge on any atom is -0.475 e. The van der Waals surface area contributed by atoms with Gasteiger partial charge in [0.25, 0.3) is 0 Å². The van der Waals surface area contributed by atoms with Crippen molar-refractivity contribution in [3.63, 3.8) is 0 Å². The maximum atomic E-state index is 10.7. The fourth-order valence-corrected chi connectivity index (χ4v) is 1.03. The molecule has 0 aromatic carbocycles. The Morgan fingerprint density at radius 2 is 1.35 bits per heavy atom. The molecular weight excluding hydrogens is 344 g/mol. The molecule has 7 nitrogen and oxygen atoms in total. The lowest BCUT2D eigenvalue weighted by Crippen LogP contribution is -2.31. The Balaban J connectivity index is 0. The summed E-state index contributed by atoms with van der Waals surface area (Å²) in [7, 11) is 1.42. The summed E-state index contributed by atoms with van der Waals surface area (Å²) in [4.78, 5) is 28.5. The number of aliphatic carboxylic acids is 2. The third-order valence-electron chi connectivity index (χ3n) is 2.03. The largest absolute Gasteiger partial charge is 0.490 e. The molecule has 1 aliphatic heterocycles. The summed E-state index contributed by atoms with van der Waals surface area (Å²) in [5, 5.41) is 17.3. The number of halogens is 6. The number of methoxy groups -OCH3 is 1. The number of hydrogen-bond donors (Lipinski definition) is 3. The van der Waals surface area contributed by atoms with E-state index in [9.17, 15) is 31.1 Å². The number of carbonyl (C=O) groups is 3. The lowest BCUT2D eigenvalue weighted by Gasteiger charge is -2.04. The Bertz CT molecular complexity index is 378. The normalized spacial score (nSPS) is 17.1. The van der Waals surface area contributed by atoms with Crippen LogP contribution in [0.3, 0.4) is 0 Å². The van der Waals surface area contributed by atoms with Crippen molar-refractivity contribution in [1.29, 1.82) is 0 Å². The molecule has 0 aromatic heterocycles. The number of carboxylic acids is 2. The van der Waals surface area contributed by atoms with Crippen LogP contribution in [0.2, 0.25) is 0 Å². The van der Waals surface area contributed by atoms with Crippen LogP contribution < -0.4 is 5.32 Å². The first-order valence-electron chi connectivity index (χ1n) is 5.65. The monoisotopic (exact) mass is 357 g/mol. The van der Waals surface area contributed by atoms with Crippen LogP contribution in [-0.4, -0.2) is 60.2 Å². The highest BCUT2D eigenvalue weighted by Gasteiger charge is 2.38. The van der Waals surface area contributed by atoms with Gasteiger partial charge in [-0.25, -0.2) is 9.59 Å². The fraction of sp³-hybridized carbons (Fsp3) is 0.700. The summed E-state index contributed by atoms with van der Waals surface area (Å²) in [5.74, 6) is -5.65. The second kappa shape index (κ2) is 9.86. The molecule has 1 fully saturated rings. The van der Waals surface area contributed by atoms with E-state index in [0.717, 1.165) is 19.4 Å². The maximum Gasteiger partial charge on any atom is 0.490 e. The van der Waals surface area contributed by atoms with Crippen molar-refractivity contribution in [3.8, 4) is 0 Å². The van der Waals surface area contributed by atoms with Gasteiger partial charge in [0.05, 0.1) is 7.11 Å². The van der Waals surface area contributed by atoms with E-state index in [0.29, 0.717) is 0 Å². The van der Waals surface area contributed by atoms with E-state index in [1.807, 2.05) is 0 Å². The number of alkyl halides is 6. The number of nitrogens with one attached hydrogen (secondary N) is 1. The molecule has 0 saturated carbocycles. The molecule has 1 heterocycles. The van der Waals surface area contributed by atoms with E-state index in [4.69, 9.17) is 19.8 Å². The predicted molar refractivity (Wildman–Crippen MR) is 60.4 cm³/mol. The van der Waals surface area contributed by atoms with Gasteiger partial charge in [0.2, 0.25) is 0 Å². The molecule has 0 radical (unpaired) electrons. The van der Waals surface area contributed by atoms with Gasteiger partial charge in [-0.15, -0.1) is 0 Å². The number of carbonyl (C=O) groups excluding carboxylic acids is 1. The summed E-state index contributed by atoms with van der Waals surface area (Å²) in [6.45, 7) is 0.944. The summed E-state index contributed by atoms with van der Waals surface area (Å²) in [6.07, 6.45) is -8.16. The van der Waals surface area contributed by atoms with Crippen molar-refractivity contribution < 1.29 is 55.7 Å². The number of hydrogen-bond acceptors (Lipinski definition) is 5. The van der Waals surface area contributed by atoms with Gasteiger partial charge in [-0.3, -0.25) is 4.79 Å². The number of ether oxygens (including phenoxy) is 1. The molecule has 13 heteroatoms. The first-order chi connectivity index (χ1) is 10.2. The van der Waals surface area contributed by atoms with Gasteiger partial charge in [0.15, 0.2) is 0 Å². The third kappa shape index (κ3) is 12.2. The third-order valence-corrected chi connectivity index (χ3v) is 2.03. The van der Waals surface area contributed by atoms with Crippen molar-refractivity contribution in [3.05, 3.63) is 0 Å². The van der Waals surface area contributed by atoms with Crippen molar-refractivity contribution in [2.45, 2.75) is 31.2 Å². The first kappa shape index (κ1) is 23.2. The molecule has 23 heavy (non-hydrogen) atoms. The topological polar surface area (TPSA) is 113 Å². The minimum atomic E-state index is -5.08. The van der Waals surface area contributed by atoms with Gasteiger partial charge in [-0.05, 0) is 19.4 Å². The predicted octanol–water partition coefficient (Wildman–Crippen LogP) is 1.18. The smallest absolute Gasteiger partial charge is 0.475 e. The zero-order chi connectivity index (χ0) is 18.8. The second-order valence-corrected chi connectivity index (χ2v) is 3.78. The standard InChI is InChI=1S/C6H11NO2.2C2HF3O2/c1-9-6(8)5-3-2-4-7-5;2*3-2(4,5)1(6)7/h5,7H,2-4H2,1H3;2*(H,6,7). The zero-order valence-corrected chi connectivity index (χ0v) is 11.5. The van der Waals surface area contributed by atoms with E-state index in [2.05, 4.69) is 10.1 Å². The van der Waals surface area contributed by atoms with Gasteiger partial charge < -0.3 is 20.3 Å². The van der Waals surface area contributed by atoms with E-state index in [-0.39, 0.29) is 12.0 Å². The summed E-state index contributed by atoms with van der Waals surface area (Å²) < 4.78 is 68.0. The van der Waals surface area contributed by atoms with E-state index >= 15 is 0 Å². The molecule has 1 aliphatic rings. The zero-order valence-electron chi connectivity index (χ0n) is 11.5. The van der Waals surface area contributed by atoms with Crippen LogP contribution in [0, 0.1) is 0 Å². The highest BCUT2D eigenvalue weighted by Crippen LogP contribution is 2.13. The van der Waals surface area contributed by atoms with Crippen LogP contribution in [0.4, 0.5) is 26.3 Å². The van der Waals surface area contributed by atoms with Gasteiger partial charge >= 0.3 is 30.3 Å². The molecule has 0 aromatic rings.